The average molecular weight is 475 g/mol. The lowest BCUT2D eigenvalue weighted by molar-refractivity contribution is -0.0382. The Morgan fingerprint density at radius 2 is 1.41 bits per heavy atom. The van der Waals surface area contributed by atoms with Crippen LogP contribution in [-0.2, 0) is 0 Å². The molecule has 1 aliphatic rings. The van der Waals surface area contributed by atoms with Gasteiger partial charge >= 0.3 is 0 Å². The Bertz CT molecular complexity index is 904. The first-order chi connectivity index (χ1) is 16.4. The summed E-state index contributed by atoms with van der Waals surface area (Å²) >= 11 is 0. The Balaban J connectivity index is 1.51. The molecule has 0 heterocycles. The van der Waals surface area contributed by atoms with Gasteiger partial charge in [0, 0.05) is 24.0 Å². The third-order valence-electron chi connectivity index (χ3n) is 7.04. The van der Waals surface area contributed by atoms with Crippen molar-refractivity contribution in [2.45, 2.75) is 102 Å². The van der Waals surface area contributed by atoms with Crippen LogP contribution in [0.3, 0.4) is 0 Å². The van der Waals surface area contributed by atoms with E-state index in [0.717, 1.165) is 18.4 Å². The molecule has 0 nitrogen and oxygen atoms in total. The van der Waals surface area contributed by atoms with Gasteiger partial charge in [-0.2, -0.15) is 0 Å². The summed E-state index contributed by atoms with van der Waals surface area (Å²) in [7, 11) is 0. The van der Waals surface area contributed by atoms with Crippen molar-refractivity contribution in [1.82, 2.24) is 0 Å². The van der Waals surface area contributed by atoms with Gasteiger partial charge < -0.3 is 0 Å². The second kappa shape index (κ2) is 13.1. The number of benzene rings is 2. The SMILES string of the molecule is CCCCCCCCCC/C=C/c1ccc(-c2ccc(C3CCC(F)(F)CC3)cc2)c(F)c1F. The lowest BCUT2D eigenvalue weighted by Crippen LogP contribution is -2.23. The summed E-state index contributed by atoms with van der Waals surface area (Å²) in [5, 5.41) is 0. The van der Waals surface area contributed by atoms with Crippen molar-refractivity contribution in [3.8, 4) is 11.1 Å². The zero-order valence-corrected chi connectivity index (χ0v) is 20.4. The lowest BCUT2D eigenvalue weighted by Gasteiger charge is -2.28. The molecular weight excluding hydrogens is 436 g/mol. The van der Waals surface area contributed by atoms with Crippen LogP contribution in [0.4, 0.5) is 17.6 Å². The Morgan fingerprint density at radius 1 is 0.794 bits per heavy atom. The molecule has 186 valence electrons. The van der Waals surface area contributed by atoms with Crippen molar-refractivity contribution >= 4 is 6.08 Å². The van der Waals surface area contributed by atoms with Crippen LogP contribution < -0.4 is 0 Å². The summed E-state index contributed by atoms with van der Waals surface area (Å²) in [6.45, 7) is 2.22. The quantitative estimate of drug-likeness (QED) is 0.212. The van der Waals surface area contributed by atoms with Crippen LogP contribution in [0, 0.1) is 11.6 Å². The zero-order valence-electron chi connectivity index (χ0n) is 20.4. The normalized spacial score (nSPS) is 16.4. The molecule has 0 unspecified atom stereocenters. The highest BCUT2D eigenvalue weighted by molar-refractivity contribution is 5.67. The molecule has 0 radical (unpaired) electrons. The van der Waals surface area contributed by atoms with Gasteiger partial charge in [0.2, 0.25) is 5.92 Å². The molecule has 34 heavy (non-hydrogen) atoms. The van der Waals surface area contributed by atoms with Crippen LogP contribution in [0.2, 0.25) is 0 Å². The maximum atomic E-state index is 14.8. The molecule has 4 heteroatoms. The zero-order chi connectivity index (χ0) is 24.4. The molecule has 2 aromatic carbocycles. The van der Waals surface area contributed by atoms with E-state index in [2.05, 4.69) is 6.92 Å². The Hall–Kier alpha value is -2.10. The minimum atomic E-state index is -2.55. The molecule has 0 saturated heterocycles. The van der Waals surface area contributed by atoms with E-state index >= 15 is 0 Å². The maximum Gasteiger partial charge on any atom is 0.248 e. The Labute approximate surface area is 202 Å². The summed E-state index contributed by atoms with van der Waals surface area (Å²) in [4.78, 5) is 0. The van der Waals surface area contributed by atoms with Gasteiger partial charge in [0.25, 0.3) is 0 Å². The van der Waals surface area contributed by atoms with E-state index in [0.29, 0.717) is 18.4 Å². The molecule has 3 rings (SSSR count). The van der Waals surface area contributed by atoms with Gasteiger partial charge in [-0.05, 0) is 42.7 Å². The number of alkyl halides is 2. The fraction of sp³-hybridized carbons (Fsp3) is 0.533. The second-order valence-corrected chi connectivity index (χ2v) is 9.75. The predicted octanol–water partition coefficient (Wildman–Crippen LogP) is 10.5. The van der Waals surface area contributed by atoms with Crippen molar-refractivity contribution in [2.75, 3.05) is 0 Å². The van der Waals surface area contributed by atoms with Crippen LogP contribution >= 0.6 is 0 Å². The maximum absolute atomic E-state index is 14.8. The van der Waals surface area contributed by atoms with Gasteiger partial charge in [-0.1, -0.05) is 100 Å². The van der Waals surface area contributed by atoms with Gasteiger partial charge in [0.1, 0.15) is 0 Å². The number of rotatable bonds is 12. The standard InChI is InChI=1S/C30H38F4/c1-2-3-4-5-6-7-8-9-10-11-12-26-17-18-27(29(32)28(26)31)25-15-13-23(14-16-25)24-19-21-30(33,34)22-20-24/h11-18,24H,2-10,19-22H2,1H3/b12-11+. The summed E-state index contributed by atoms with van der Waals surface area (Å²) in [6, 6.07) is 10.5. The van der Waals surface area contributed by atoms with Crippen LogP contribution in [0.15, 0.2) is 42.5 Å². The average Bonchev–Trinajstić information content (AvgIpc) is 2.83. The van der Waals surface area contributed by atoms with Gasteiger partial charge in [0.15, 0.2) is 11.6 Å². The van der Waals surface area contributed by atoms with Crippen LogP contribution in [0.25, 0.3) is 17.2 Å². The summed E-state index contributed by atoms with van der Waals surface area (Å²) < 4.78 is 56.3. The largest absolute Gasteiger partial charge is 0.248 e. The monoisotopic (exact) mass is 474 g/mol. The summed E-state index contributed by atoms with van der Waals surface area (Å²) in [6.07, 6.45) is 15.2. The Kier molecular flexibility index (Phi) is 10.2. The van der Waals surface area contributed by atoms with Gasteiger partial charge in [0.05, 0.1) is 0 Å². The topological polar surface area (TPSA) is 0 Å². The number of unbranched alkanes of at least 4 members (excludes halogenated alkanes) is 8. The predicted molar refractivity (Wildman–Crippen MR) is 134 cm³/mol. The number of halogens is 4. The molecule has 0 aliphatic heterocycles. The summed E-state index contributed by atoms with van der Waals surface area (Å²) in [5.74, 6) is -4.13. The Morgan fingerprint density at radius 3 is 2.06 bits per heavy atom. The molecule has 1 fully saturated rings. The van der Waals surface area contributed by atoms with Crippen molar-refractivity contribution in [1.29, 1.82) is 0 Å². The van der Waals surface area contributed by atoms with Gasteiger partial charge in [-0.25, -0.2) is 17.6 Å². The van der Waals surface area contributed by atoms with E-state index in [1.54, 1.807) is 30.3 Å². The van der Waals surface area contributed by atoms with Crippen LogP contribution in [-0.4, -0.2) is 5.92 Å². The van der Waals surface area contributed by atoms with E-state index in [1.807, 2.05) is 18.2 Å². The highest BCUT2D eigenvalue weighted by Gasteiger charge is 2.35. The van der Waals surface area contributed by atoms with Crippen molar-refractivity contribution in [2.24, 2.45) is 0 Å². The third-order valence-corrected chi connectivity index (χ3v) is 7.04. The third kappa shape index (κ3) is 7.71. The molecule has 0 atom stereocenters. The van der Waals surface area contributed by atoms with E-state index < -0.39 is 17.6 Å². The number of hydrogen-bond acceptors (Lipinski definition) is 0. The van der Waals surface area contributed by atoms with Crippen LogP contribution in [0.1, 0.15) is 107 Å². The fourth-order valence-corrected chi connectivity index (χ4v) is 4.83. The minimum absolute atomic E-state index is 0.0900. The first-order valence-electron chi connectivity index (χ1n) is 13.0. The highest BCUT2D eigenvalue weighted by Crippen LogP contribution is 2.41. The molecule has 2 aromatic rings. The molecular formula is C30H38F4. The molecule has 0 N–H and O–H groups in total. The fourth-order valence-electron chi connectivity index (χ4n) is 4.83. The molecule has 0 bridgehead atoms. The van der Waals surface area contributed by atoms with Gasteiger partial charge in [-0.3, -0.25) is 0 Å². The molecule has 0 amide bonds. The molecule has 0 spiro atoms. The van der Waals surface area contributed by atoms with E-state index in [1.165, 1.54) is 44.9 Å². The molecule has 0 aromatic heterocycles. The number of allylic oxidation sites excluding steroid dienone is 1. The van der Waals surface area contributed by atoms with E-state index in [-0.39, 0.29) is 29.9 Å². The lowest BCUT2D eigenvalue weighted by atomic mass is 9.82. The summed E-state index contributed by atoms with van der Waals surface area (Å²) in [5.41, 5.74) is 2.07. The first-order valence-corrected chi connectivity index (χ1v) is 13.0. The van der Waals surface area contributed by atoms with E-state index in [4.69, 9.17) is 0 Å². The van der Waals surface area contributed by atoms with Crippen LogP contribution in [0.5, 0.6) is 0 Å². The van der Waals surface area contributed by atoms with E-state index in [9.17, 15) is 17.6 Å². The van der Waals surface area contributed by atoms with Gasteiger partial charge in [-0.15, -0.1) is 0 Å². The molecule has 1 aliphatic carbocycles. The van der Waals surface area contributed by atoms with Crippen molar-refractivity contribution in [3.05, 3.63) is 65.2 Å². The van der Waals surface area contributed by atoms with Crippen molar-refractivity contribution in [3.63, 3.8) is 0 Å². The second-order valence-electron chi connectivity index (χ2n) is 9.75. The highest BCUT2D eigenvalue weighted by atomic mass is 19.3. The smallest absolute Gasteiger partial charge is 0.207 e. The van der Waals surface area contributed by atoms with Crippen molar-refractivity contribution < 1.29 is 17.6 Å². The molecule has 1 saturated carbocycles. The number of hydrogen-bond donors (Lipinski definition) is 0. The first kappa shape index (κ1) is 26.5. The minimum Gasteiger partial charge on any atom is -0.207 e.